The Bertz CT molecular complexity index is 393. The van der Waals surface area contributed by atoms with Crippen LogP contribution in [0.25, 0.3) is 0 Å². The summed E-state index contributed by atoms with van der Waals surface area (Å²) < 4.78 is 27.0. The second-order valence-electron chi connectivity index (χ2n) is 5.02. The number of allylic oxidation sites excluding steroid dienone is 1. The van der Waals surface area contributed by atoms with Crippen LogP contribution in [0.3, 0.4) is 0 Å². The summed E-state index contributed by atoms with van der Waals surface area (Å²) in [4.78, 5) is 12.1. The van der Waals surface area contributed by atoms with Crippen LogP contribution < -0.4 is 0 Å². The van der Waals surface area contributed by atoms with Gasteiger partial charge in [-0.15, -0.1) is 0 Å². The molecule has 0 radical (unpaired) electrons. The molecule has 3 aliphatic rings. The van der Waals surface area contributed by atoms with Crippen LogP contribution in [0.4, 0.5) is 0 Å². The van der Waals surface area contributed by atoms with Crippen LogP contribution in [-0.2, 0) is 28.5 Å². The maximum absolute atomic E-state index is 12.1. The van der Waals surface area contributed by atoms with E-state index in [1.54, 1.807) is 20.3 Å². The molecule has 0 aromatic heterocycles. The van der Waals surface area contributed by atoms with Crippen molar-refractivity contribution in [2.75, 3.05) is 34.4 Å². The van der Waals surface area contributed by atoms with Gasteiger partial charge < -0.3 is 23.7 Å². The van der Waals surface area contributed by atoms with Gasteiger partial charge in [-0.3, -0.25) is 4.79 Å². The Morgan fingerprint density at radius 2 is 1.84 bits per heavy atom. The SMILES string of the molecule is COCO[C@H]1[C@H]2OCC3=CC(=O)[C@@H]([C@H]1OCOC)[C@H]32. The van der Waals surface area contributed by atoms with Gasteiger partial charge in [0.15, 0.2) is 5.78 Å². The third-order valence-corrected chi connectivity index (χ3v) is 4.03. The molecule has 0 unspecified atom stereocenters. The highest BCUT2D eigenvalue weighted by Gasteiger charge is 2.61. The minimum atomic E-state index is -0.341. The monoisotopic (exact) mass is 270 g/mol. The fourth-order valence-electron chi connectivity index (χ4n) is 3.37. The topological polar surface area (TPSA) is 63.2 Å². The predicted molar refractivity (Wildman–Crippen MR) is 63.3 cm³/mol. The first-order valence-corrected chi connectivity index (χ1v) is 6.35. The highest BCUT2D eigenvalue weighted by Crippen LogP contribution is 2.50. The Balaban J connectivity index is 1.81. The van der Waals surface area contributed by atoms with Crippen LogP contribution in [0.15, 0.2) is 11.6 Å². The van der Waals surface area contributed by atoms with Gasteiger partial charge in [0.2, 0.25) is 0 Å². The van der Waals surface area contributed by atoms with Crippen molar-refractivity contribution in [1.29, 1.82) is 0 Å². The summed E-state index contributed by atoms with van der Waals surface area (Å²) in [5.74, 6) is -0.00589. The second-order valence-corrected chi connectivity index (χ2v) is 5.02. The molecule has 1 saturated carbocycles. The maximum atomic E-state index is 12.1. The Labute approximate surface area is 111 Å². The van der Waals surface area contributed by atoms with Gasteiger partial charge >= 0.3 is 0 Å². The van der Waals surface area contributed by atoms with Crippen LogP contribution in [-0.4, -0.2) is 58.5 Å². The minimum absolute atomic E-state index is 0.0937. The molecule has 19 heavy (non-hydrogen) atoms. The Kier molecular flexibility index (Phi) is 3.68. The molecule has 0 bridgehead atoms. The van der Waals surface area contributed by atoms with Gasteiger partial charge in [0.25, 0.3) is 0 Å². The van der Waals surface area contributed by atoms with E-state index in [9.17, 15) is 4.79 Å². The van der Waals surface area contributed by atoms with Crippen molar-refractivity contribution < 1.29 is 28.5 Å². The molecule has 106 valence electrons. The summed E-state index contributed by atoms with van der Waals surface area (Å²) in [6.45, 7) is 0.807. The van der Waals surface area contributed by atoms with E-state index in [1.165, 1.54) is 0 Å². The molecule has 1 heterocycles. The summed E-state index contributed by atoms with van der Waals surface area (Å²) in [7, 11) is 3.12. The van der Waals surface area contributed by atoms with Gasteiger partial charge in [0.1, 0.15) is 19.7 Å². The predicted octanol–water partition coefficient (Wildman–Crippen LogP) is 0.119. The van der Waals surface area contributed by atoms with E-state index in [2.05, 4.69) is 0 Å². The second kappa shape index (κ2) is 5.30. The first-order chi connectivity index (χ1) is 9.27. The van der Waals surface area contributed by atoms with Crippen molar-refractivity contribution in [2.24, 2.45) is 11.8 Å². The number of carbonyl (C=O) groups excluding carboxylic acids is 1. The molecule has 1 aliphatic heterocycles. The van der Waals surface area contributed by atoms with E-state index >= 15 is 0 Å². The van der Waals surface area contributed by atoms with Crippen molar-refractivity contribution in [3.05, 3.63) is 11.6 Å². The number of ketones is 1. The van der Waals surface area contributed by atoms with E-state index in [0.29, 0.717) is 6.61 Å². The number of rotatable bonds is 6. The van der Waals surface area contributed by atoms with Gasteiger partial charge in [0, 0.05) is 20.1 Å². The number of ether oxygens (including phenoxy) is 5. The van der Waals surface area contributed by atoms with Crippen molar-refractivity contribution in [3.63, 3.8) is 0 Å². The van der Waals surface area contributed by atoms with Crippen molar-refractivity contribution >= 4 is 5.78 Å². The van der Waals surface area contributed by atoms with Gasteiger partial charge in [0.05, 0.1) is 24.7 Å². The standard InChI is InChI=1S/C13H18O6/c1-15-5-18-12-10-8(14)3-7-4-17-11(9(7)10)13(12)19-6-16-2/h3,9-13H,4-6H2,1-2H3/t9-,10+,11-,12+,13-/m0/s1. The van der Waals surface area contributed by atoms with Crippen LogP contribution >= 0.6 is 0 Å². The fourth-order valence-corrected chi connectivity index (χ4v) is 3.37. The molecule has 6 nitrogen and oxygen atoms in total. The summed E-state index contributed by atoms with van der Waals surface area (Å²) >= 11 is 0. The first-order valence-electron chi connectivity index (χ1n) is 6.35. The Morgan fingerprint density at radius 1 is 1.16 bits per heavy atom. The largest absolute Gasteiger partial charge is 0.370 e. The lowest BCUT2D eigenvalue weighted by molar-refractivity contribution is -0.176. The highest BCUT2D eigenvalue weighted by atomic mass is 16.7. The molecule has 0 N–H and O–H groups in total. The van der Waals surface area contributed by atoms with Crippen molar-refractivity contribution in [3.8, 4) is 0 Å². The lowest BCUT2D eigenvalue weighted by Crippen LogP contribution is -2.39. The quantitative estimate of drug-likeness (QED) is 0.639. The summed E-state index contributed by atoms with van der Waals surface area (Å²) in [6.07, 6.45) is 0.942. The summed E-state index contributed by atoms with van der Waals surface area (Å²) in [6, 6.07) is 0. The average molecular weight is 270 g/mol. The smallest absolute Gasteiger partial charge is 0.162 e. The van der Waals surface area contributed by atoms with Gasteiger partial charge in [-0.1, -0.05) is 0 Å². The molecule has 1 saturated heterocycles. The maximum Gasteiger partial charge on any atom is 0.162 e. The van der Waals surface area contributed by atoms with Crippen LogP contribution in [0, 0.1) is 11.8 Å². The minimum Gasteiger partial charge on any atom is -0.370 e. The van der Waals surface area contributed by atoms with E-state index in [-0.39, 0.29) is 49.5 Å². The zero-order chi connectivity index (χ0) is 13.4. The summed E-state index contributed by atoms with van der Waals surface area (Å²) in [5.41, 5.74) is 1.06. The van der Waals surface area contributed by atoms with E-state index in [1.807, 2.05) is 0 Å². The fraction of sp³-hybridized carbons (Fsp3) is 0.769. The molecule has 0 amide bonds. The Hall–Kier alpha value is -0.790. The number of hydrogen-bond donors (Lipinski definition) is 0. The third kappa shape index (κ3) is 2.04. The summed E-state index contributed by atoms with van der Waals surface area (Å²) in [5, 5.41) is 0. The van der Waals surface area contributed by atoms with Gasteiger partial charge in [-0.2, -0.15) is 0 Å². The van der Waals surface area contributed by atoms with Crippen LogP contribution in [0.2, 0.25) is 0 Å². The van der Waals surface area contributed by atoms with E-state index < -0.39 is 0 Å². The molecule has 0 aromatic rings. The van der Waals surface area contributed by atoms with Crippen molar-refractivity contribution in [1.82, 2.24) is 0 Å². The lowest BCUT2D eigenvalue weighted by Gasteiger charge is -2.25. The average Bonchev–Trinajstić information content (AvgIpc) is 3.01. The zero-order valence-electron chi connectivity index (χ0n) is 11.0. The van der Waals surface area contributed by atoms with Crippen molar-refractivity contribution in [2.45, 2.75) is 18.3 Å². The number of carbonyl (C=O) groups is 1. The zero-order valence-corrected chi connectivity index (χ0v) is 11.0. The van der Waals surface area contributed by atoms with E-state index in [4.69, 9.17) is 23.7 Å². The number of methoxy groups -OCH3 is 2. The molecule has 3 rings (SSSR count). The van der Waals surface area contributed by atoms with Crippen LogP contribution in [0.5, 0.6) is 0 Å². The lowest BCUT2D eigenvalue weighted by atomic mass is 9.94. The highest BCUT2D eigenvalue weighted by molar-refractivity contribution is 5.97. The molecule has 2 aliphatic carbocycles. The normalized spacial score (nSPS) is 39.8. The van der Waals surface area contributed by atoms with Crippen LogP contribution in [0.1, 0.15) is 0 Å². The molecular weight excluding hydrogens is 252 g/mol. The third-order valence-electron chi connectivity index (χ3n) is 4.03. The van der Waals surface area contributed by atoms with E-state index in [0.717, 1.165) is 5.57 Å². The molecule has 0 spiro atoms. The Morgan fingerprint density at radius 3 is 2.53 bits per heavy atom. The molecule has 5 atom stereocenters. The first kappa shape index (κ1) is 13.2. The van der Waals surface area contributed by atoms with Gasteiger partial charge in [-0.05, 0) is 11.6 Å². The molecule has 0 aromatic carbocycles. The molecule has 2 fully saturated rings. The van der Waals surface area contributed by atoms with Gasteiger partial charge in [-0.25, -0.2) is 0 Å². The number of hydrogen-bond acceptors (Lipinski definition) is 6. The molecule has 6 heteroatoms. The molecular formula is C13H18O6.